The molecule has 0 saturated carbocycles. The van der Waals surface area contributed by atoms with Crippen molar-refractivity contribution in [3.63, 3.8) is 0 Å². The molecule has 4 N–H and O–H groups in total. The van der Waals surface area contributed by atoms with E-state index in [1.807, 2.05) is 6.92 Å². The standard InChI is InChI=1S/C9H21N3O/c1-4-8(10)6-5-7(2)9(13)12-11-3/h7-8,11H,4-6,10H2,1-3H3,(H,12,13)/t7-,8+/m1/s1. The van der Waals surface area contributed by atoms with Crippen LogP contribution in [0.2, 0.25) is 0 Å². The van der Waals surface area contributed by atoms with Gasteiger partial charge in [-0.25, -0.2) is 5.43 Å². The molecule has 0 spiro atoms. The number of hydrazine groups is 1. The predicted molar refractivity (Wildman–Crippen MR) is 53.9 cm³/mol. The monoisotopic (exact) mass is 187 g/mol. The predicted octanol–water partition coefficient (Wildman–Crippen LogP) is 0.391. The molecule has 0 saturated heterocycles. The van der Waals surface area contributed by atoms with Gasteiger partial charge in [0.2, 0.25) is 5.91 Å². The summed E-state index contributed by atoms with van der Waals surface area (Å²) >= 11 is 0. The van der Waals surface area contributed by atoms with Gasteiger partial charge in [-0.1, -0.05) is 13.8 Å². The Morgan fingerprint density at radius 2 is 2.08 bits per heavy atom. The molecule has 0 radical (unpaired) electrons. The van der Waals surface area contributed by atoms with Crippen LogP contribution in [0.15, 0.2) is 0 Å². The van der Waals surface area contributed by atoms with Gasteiger partial charge in [0.15, 0.2) is 0 Å². The van der Waals surface area contributed by atoms with Gasteiger partial charge in [-0.05, 0) is 19.3 Å². The highest BCUT2D eigenvalue weighted by Crippen LogP contribution is 2.08. The minimum Gasteiger partial charge on any atom is -0.328 e. The minimum atomic E-state index is 0.0325. The van der Waals surface area contributed by atoms with Crippen molar-refractivity contribution in [3.8, 4) is 0 Å². The van der Waals surface area contributed by atoms with E-state index in [-0.39, 0.29) is 17.9 Å². The van der Waals surface area contributed by atoms with Gasteiger partial charge in [-0.15, -0.1) is 0 Å². The minimum absolute atomic E-state index is 0.0325. The third-order valence-corrected chi connectivity index (χ3v) is 2.19. The van der Waals surface area contributed by atoms with Gasteiger partial charge < -0.3 is 5.73 Å². The summed E-state index contributed by atoms with van der Waals surface area (Å²) in [5.74, 6) is 0.0656. The fourth-order valence-corrected chi connectivity index (χ4v) is 1.05. The van der Waals surface area contributed by atoms with Crippen molar-refractivity contribution in [2.45, 2.75) is 39.2 Å². The number of carbonyl (C=O) groups excluding carboxylic acids is 1. The molecule has 4 nitrogen and oxygen atoms in total. The highest BCUT2D eigenvalue weighted by molar-refractivity contribution is 5.77. The Kier molecular flexibility index (Phi) is 6.54. The fraction of sp³-hybridized carbons (Fsp3) is 0.889. The highest BCUT2D eigenvalue weighted by atomic mass is 16.2. The fourth-order valence-electron chi connectivity index (χ4n) is 1.05. The Hall–Kier alpha value is -0.610. The van der Waals surface area contributed by atoms with Crippen molar-refractivity contribution in [2.75, 3.05) is 7.05 Å². The SMILES string of the molecule is CC[C@H](N)CC[C@@H](C)C(=O)NNC. The number of rotatable bonds is 6. The summed E-state index contributed by atoms with van der Waals surface area (Å²) in [5.41, 5.74) is 10.9. The molecule has 0 aliphatic carbocycles. The van der Waals surface area contributed by atoms with E-state index in [2.05, 4.69) is 17.8 Å². The molecule has 2 atom stereocenters. The zero-order chi connectivity index (χ0) is 10.3. The number of hydrogen-bond donors (Lipinski definition) is 3. The average molecular weight is 187 g/mol. The third kappa shape index (κ3) is 5.60. The second-order valence-electron chi connectivity index (χ2n) is 3.39. The first kappa shape index (κ1) is 12.4. The molecule has 0 unspecified atom stereocenters. The van der Waals surface area contributed by atoms with Crippen molar-refractivity contribution >= 4 is 5.91 Å². The van der Waals surface area contributed by atoms with E-state index in [4.69, 9.17) is 5.73 Å². The van der Waals surface area contributed by atoms with Crippen LogP contribution >= 0.6 is 0 Å². The summed E-state index contributed by atoms with van der Waals surface area (Å²) in [6.07, 6.45) is 2.73. The van der Waals surface area contributed by atoms with Crippen LogP contribution in [0.4, 0.5) is 0 Å². The summed E-state index contributed by atoms with van der Waals surface area (Å²) in [6, 6.07) is 0.227. The average Bonchev–Trinajstić information content (AvgIpc) is 2.13. The molecule has 78 valence electrons. The van der Waals surface area contributed by atoms with Crippen molar-refractivity contribution in [3.05, 3.63) is 0 Å². The topological polar surface area (TPSA) is 67.2 Å². The summed E-state index contributed by atoms with van der Waals surface area (Å²) in [6.45, 7) is 3.97. The van der Waals surface area contributed by atoms with Gasteiger partial charge in [0, 0.05) is 19.0 Å². The van der Waals surface area contributed by atoms with E-state index in [1.165, 1.54) is 0 Å². The Bertz CT molecular complexity index is 150. The zero-order valence-electron chi connectivity index (χ0n) is 8.76. The zero-order valence-corrected chi connectivity index (χ0v) is 8.76. The van der Waals surface area contributed by atoms with Crippen LogP contribution in [0.1, 0.15) is 33.1 Å². The number of carbonyl (C=O) groups is 1. The highest BCUT2D eigenvalue weighted by Gasteiger charge is 2.12. The first-order chi connectivity index (χ1) is 6.11. The molecule has 0 aromatic rings. The van der Waals surface area contributed by atoms with Gasteiger partial charge >= 0.3 is 0 Å². The molecule has 0 aliphatic rings. The summed E-state index contributed by atoms with van der Waals surface area (Å²) in [4.78, 5) is 11.2. The van der Waals surface area contributed by atoms with Gasteiger partial charge in [-0.3, -0.25) is 10.2 Å². The molecule has 0 fully saturated rings. The van der Waals surface area contributed by atoms with Crippen molar-refractivity contribution < 1.29 is 4.79 Å². The van der Waals surface area contributed by atoms with Gasteiger partial charge in [0.1, 0.15) is 0 Å². The molecule has 13 heavy (non-hydrogen) atoms. The lowest BCUT2D eigenvalue weighted by atomic mass is 10.0. The summed E-state index contributed by atoms with van der Waals surface area (Å²) in [5, 5.41) is 0. The van der Waals surface area contributed by atoms with Crippen LogP contribution in [-0.4, -0.2) is 19.0 Å². The van der Waals surface area contributed by atoms with Crippen LogP contribution < -0.4 is 16.6 Å². The van der Waals surface area contributed by atoms with Crippen LogP contribution in [0.25, 0.3) is 0 Å². The maximum Gasteiger partial charge on any atom is 0.236 e. The number of nitrogens with two attached hydrogens (primary N) is 1. The van der Waals surface area contributed by atoms with Crippen molar-refractivity contribution in [1.29, 1.82) is 0 Å². The number of amides is 1. The Labute approximate surface area is 80.2 Å². The second kappa shape index (κ2) is 6.86. The quantitative estimate of drug-likeness (QED) is 0.527. The van der Waals surface area contributed by atoms with Crippen LogP contribution in [0, 0.1) is 5.92 Å². The van der Waals surface area contributed by atoms with E-state index < -0.39 is 0 Å². The normalized spacial score (nSPS) is 15.1. The number of hydrogen-bond acceptors (Lipinski definition) is 3. The summed E-state index contributed by atoms with van der Waals surface area (Å²) < 4.78 is 0. The Morgan fingerprint density at radius 3 is 2.54 bits per heavy atom. The van der Waals surface area contributed by atoms with E-state index in [9.17, 15) is 4.79 Å². The van der Waals surface area contributed by atoms with Gasteiger partial charge in [0.05, 0.1) is 0 Å². The molecule has 4 heteroatoms. The Morgan fingerprint density at radius 1 is 1.46 bits per heavy atom. The maximum absolute atomic E-state index is 11.2. The first-order valence-corrected chi connectivity index (χ1v) is 4.84. The number of nitrogens with one attached hydrogen (secondary N) is 2. The maximum atomic E-state index is 11.2. The third-order valence-electron chi connectivity index (χ3n) is 2.19. The van der Waals surface area contributed by atoms with Crippen LogP contribution in [-0.2, 0) is 4.79 Å². The second-order valence-corrected chi connectivity index (χ2v) is 3.39. The van der Waals surface area contributed by atoms with E-state index >= 15 is 0 Å². The van der Waals surface area contributed by atoms with Gasteiger partial charge in [0.25, 0.3) is 0 Å². The van der Waals surface area contributed by atoms with Crippen molar-refractivity contribution in [2.24, 2.45) is 11.7 Å². The lowest BCUT2D eigenvalue weighted by Crippen LogP contribution is -2.38. The molecule has 1 amide bonds. The van der Waals surface area contributed by atoms with E-state index in [0.29, 0.717) is 0 Å². The van der Waals surface area contributed by atoms with Crippen LogP contribution in [0.3, 0.4) is 0 Å². The van der Waals surface area contributed by atoms with Gasteiger partial charge in [-0.2, -0.15) is 0 Å². The molecule has 0 rings (SSSR count). The summed E-state index contributed by atoms with van der Waals surface area (Å²) in [7, 11) is 1.68. The van der Waals surface area contributed by atoms with Crippen LogP contribution in [0.5, 0.6) is 0 Å². The van der Waals surface area contributed by atoms with E-state index in [0.717, 1.165) is 19.3 Å². The smallest absolute Gasteiger partial charge is 0.236 e. The lowest BCUT2D eigenvalue weighted by Gasteiger charge is -2.13. The molecule has 0 aromatic carbocycles. The van der Waals surface area contributed by atoms with Crippen molar-refractivity contribution in [1.82, 2.24) is 10.9 Å². The Balaban J connectivity index is 3.60. The lowest BCUT2D eigenvalue weighted by molar-refractivity contribution is -0.125. The molecular weight excluding hydrogens is 166 g/mol. The molecule has 0 aliphatic heterocycles. The largest absolute Gasteiger partial charge is 0.328 e. The molecule has 0 aromatic heterocycles. The first-order valence-electron chi connectivity index (χ1n) is 4.84. The molecule has 0 heterocycles. The molecular formula is C9H21N3O. The van der Waals surface area contributed by atoms with E-state index in [1.54, 1.807) is 7.05 Å². The molecule has 0 bridgehead atoms.